The molecule has 39 heavy (non-hydrogen) atoms. The van der Waals surface area contributed by atoms with Crippen molar-refractivity contribution in [1.29, 1.82) is 5.41 Å². The van der Waals surface area contributed by atoms with Gasteiger partial charge in [0, 0.05) is 22.9 Å². The first-order valence-corrected chi connectivity index (χ1v) is 13.1. The van der Waals surface area contributed by atoms with Crippen molar-refractivity contribution >= 4 is 41.1 Å². The minimum Gasteiger partial charge on any atom is -0.382 e. The molecular formula is C24H23ClF3N7O3S. The lowest BCUT2D eigenvalue weighted by molar-refractivity contribution is -0.204. The second-order valence-corrected chi connectivity index (χ2v) is 9.92. The van der Waals surface area contributed by atoms with Crippen LogP contribution in [-0.2, 0) is 6.54 Å². The number of alkyl halides is 3. The molecule has 4 rings (SSSR count). The van der Waals surface area contributed by atoms with Gasteiger partial charge in [-0.2, -0.15) is 13.2 Å². The largest absolute Gasteiger partial charge is 0.416 e. The van der Waals surface area contributed by atoms with E-state index in [1.165, 1.54) is 35.3 Å². The highest BCUT2D eigenvalue weighted by molar-refractivity contribution is 7.99. The zero-order valence-corrected chi connectivity index (χ0v) is 21.8. The van der Waals surface area contributed by atoms with Crippen molar-refractivity contribution in [1.82, 2.24) is 29.9 Å². The van der Waals surface area contributed by atoms with Crippen molar-refractivity contribution in [2.75, 3.05) is 24.7 Å². The number of nitrogens with one attached hydrogen (secondary N) is 2. The van der Waals surface area contributed by atoms with Crippen molar-refractivity contribution < 1.29 is 27.9 Å². The van der Waals surface area contributed by atoms with Gasteiger partial charge >= 0.3 is 12.2 Å². The number of hydrogen-bond acceptors (Lipinski definition) is 7. The Morgan fingerprint density at radius 2 is 1.92 bits per heavy atom. The maximum absolute atomic E-state index is 13.0. The minimum atomic E-state index is -5.00. The van der Waals surface area contributed by atoms with Crippen LogP contribution in [0.5, 0.6) is 0 Å². The number of aliphatic hydroxyl groups excluding tert-OH is 1. The summed E-state index contributed by atoms with van der Waals surface area (Å²) in [5.74, 6) is 0.829. The molecule has 0 saturated carbocycles. The van der Waals surface area contributed by atoms with Crippen LogP contribution in [0, 0.1) is 5.41 Å². The van der Waals surface area contributed by atoms with E-state index < -0.39 is 30.7 Å². The van der Waals surface area contributed by atoms with Gasteiger partial charge in [-0.15, -0.1) is 16.9 Å². The third-order valence-electron chi connectivity index (χ3n) is 5.72. The molecule has 1 atom stereocenters. The van der Waals surface area contributed by atoms with Crippen molar-refractivity contribution in [3.05, 3.63) is 76.8 Å². The predicted molar refractivity (Wildman–Crippen MR) is 139 cm³/mol. The number of halogens is 4. The molecule has 3 aromatic rings. The van der Waals surface area contributed by atoms with Gasteiger partial charge in [0.2, 0.25) is 0 Å². The Balaban J connectivity index is 1.49. The van der Waals surface area contributed by atoms with Gasteiger partial charge in [0.05, 0.1) is 30.2 Å². The lowest BCUT2D eigenvalue weighted by atomic mass is 10.1. The third kappa shape index (κ3) is 6.88. The van der Waals surface area contributed by atoms with Crippen LogP contribution in [-0.4, -0.2) is 84.4 Å². The van der Waals surface area contributed by atoms with E-state index in [4.69, 9.17) is 17.0 Å². The Bertz CT molecular complexity index is 1350. The van der Waals surface area contributed by atoms with Crippen LogP contribution in [0.1, 0.15) is 21.7 Å². The van der Waals surface area contributed by atoms with Crippen LogP contribution in [0.15, 0.2) is 54.9 Å². The van der Waals surface area contributed by atoms with Gasteiger partial charge in [-0.1, -0.05) is 23.7 Å². The van der Waals surface area contributed by atoms with Crippen LogP contribution >= 0.6 is 23.4 Å². The van der Waals surface area contributed by atoms with Crippen LogP contribution in [0.3, 0.4) is 0 Å². The fraction of sp³-hybridized carbons (Fsp3) is 0.292. The predicted octanol–water partition coefficient (Wildman–Crippen LogP) is 3.53. The van der Waals surface area contributed by atoms with E-state index in [1.54, 1.807) is 40.9 Å². The quantitative estimate of drug-likeness (QED) is 0.289. The summed E-state index contributed by atoms with van der Waals surface area (Å²) in [6.07, 6.45) is -6.53. The number of aromatic nitrogens is 3. The molecule has 1 aromatic heterocycles. The minimum absolute atomic E-state index is 0.108. The molecule has 0 radical (unpaired) electrons. The molecule has 1 saturated heterocycles. The molecule has 0 unspecified atom stereocenters. The summed E-state index contributed by atoms with van der Waals surface area (Å²) in [5, 5.41) is 24.9. The molecule has 1 aliphatic rings. The van der Waals surface area contributed by atoms with Gasteiger partial charge in [-0.25, -0.2) is 14.5 Å². The monoisotopic (exact) mass is 581 g/mol. The van der Waals surface area contributed by atoms with Crippen LogP contribution in [0.2, 0.25) is 5.02 Å². The van der Waals surface area contributed by atoms with Crippen LogP contribution in [0.25, 0.3) is 5.69 Å². The molecule has 0 bridgehead atoms. The first-order chi connectivity index (χ1) is 18.5. The van der Waals surface area contributed by atoms with Crippen LogP contribution < -0.4 is 5.32 Å². The molecule has 3 amide bonds. The number of benzene rings is 2. The van der Waals surface area contributed by atoms with E-state index in [-0.39, 0.29) is 23.8 Å². The Hall–Kier alpha value is -3.62. The molecule has 0 spiro atoms. The number of nitrogens with zero attached hydrogens (tertiary/aromatic N) is 5. The molecule has 2 aromatic carbocycles. The van der Waals surface area contributed by atoms with Crippen molar-refractivity contribution in [3.8, 4) is 5.69 Å². The summed E-state index contributed by atoms with van der Waals surface area (Å²) in [5.41, 5.74) is 1.01. The lowest BCUT2D eigenvalue weighted by Crippen LogP contribution is -2.50. The Morgan fingerprint density at radius 1 is 1.21 bits per heavy atom. The second kappa shape index (κ2) is 12.1. The number of urea groups is 1. The van der Waals surface area contributed by atoms with Crippen molar-refractivity contribution in [3.63, 3.8) is 0 Å². The topological polar surface area (TPSA) is 127 Å². The van der Waals surface area contributed by atoms with E-state index in [0.717, 1.165) is 5.75 Å². The molecule has 15 heteroatoms. The van der Waals surface area contributed by atoms with Gasteiger partial charge < -0.3 is 15.3 Å². The third-order valence-corrected chi connectivity index (χ3v) is 6.94. The molecule has 0 aliphatic carbocycles. The van der Waals surface area contributed by atoms with Crippen molar-refractivity contribution in [2.45, 2.75) is 18.8 Å². The number of carbonyl (C=O) groups is 2. The normalized spacial score (nSPS) is 14.2. The summed E-state index contributed by atoms with van der Waals surface area (Å²) in [6.45, 7) is -0.864. The molecule has 206 valence electrons. The second-order valence-electron chi connectivity index (χ2n) is 8.41. The number of carbonyl (C=O) groups excluding carboxylic acids is 2. The number of para-hydroxylation sites is 1. The maximum Gasteiger partial charge on any atom is 0.416 e. The standard InChI is InChI=1S/C24H23ClF3N7O3S/c25-16-7-5-15(6-8-16)21(29)34(12-19(36)24(26,27)28)23(38)30-11-20-31-13-35(32-20)18-4-2-1-3-17(18)22(37)33-9-10-39-14-33/h1-8,13,19,29,36H,9-12,14H2,(H,30,38)/t19-/m0/s1. The van der Waals surface area contributed by atoms with Gasteiger partial charge in [0.15, 0.2) is 11.9 Å². The molecule has 1 fully saturated rings. The number of thioether (sulfide) groups is 1. The summed E-state index contributed by atoms with van der Waals surface area (Å²) < 4.78 is 40.5. The summed E-state index contributed by atoms with van der Waals surface area (Å²) in [7, 11) is 0. The smallest absolute Gasteiger partial charge is 0.382 e. The van der Waals surface area contributed by atoms with Gasteiger partial charge in [0.1, 0.15) is 12.2 Å². The Morgan fingerprint density at radius 3 is 2.59 bits per heavy atom. The summed E-state index contributed by atoms with van der Waals surface area (Å²) in [4.78, 5) is 32.2. The molecule has 2 heterocycles. The van der Waals surface area contributed by atoms with Gasteiger partial charge in [-0.3, -0.25) is 15.1 Å². The van der Waals surface area contributed by atoms with E-state index >= 15 is 0 Å². The lowest BCUT2D eigenvalue weighted by Gasteiger charge is -2.26. The number of hydrogen-bond donors (Lipinski definition) is 3. The molecular weight excluding hydrogens is 559 g/mol. The van der Waals surface area contributed by atoms with E-state index in [9.17, 15) is 27.9 Å². The highest BCUT2D eigenvalue weighted by Gasteiger charge is 2.41. The fourth-order valence-electron chi connectivity index (χ4n) is 3.66. The first kappa shape index (κ1) is 28.4. The van der Waals surface area contributed by atoms with E-state index in [2.05, 4.69) is 15.4 Å². The molecule has 10 nitrogen and oxygen atoms in total. The Labute approximate surface area is 230 Å². The summed E-state index contributed by atoms with van der Waals surface area (Å²) in [6, 6.07) is 11.3. The molecule has 1 aliphatic heterocycles. The zero-order valence-electron chi connectivity index (χ0n) is 20.2. The van der Waals surface area contributed by atoms with Crippen LogP contribution in [0.4, 0.5) is 18.0 Å². The van der Waals surface area contributed by atoms with Gasteiger partial charge in [0.25, 0.3) is 5.91 Å². The average molecular weight is 582 g/mol. The van der Waals surface area contributed by atoms with Gasteiger partial charge in [-0.05, 0) is 36.4 Å². The highest BCUT2D eigenvalue weighted by atomic mass is 35.5. The number of aliphatic hydroxyl groups is 1. The fourth-order valence-corrected chi connectivity index (χ4v) is 4.73. The highest BCUT2D eigenvalue weighted by Crippen LogP contribution is 2.23. The van der Waals surface area contributed by atoms with E-state index in [0.29, 0.717) is 33.6 Å². The first-order valence-electron chi connectivity index (χ1n) is 11.6. The summed E-state index contributed by atoms with van der Waals surface area (Å²) >= 11 is 7.49. The Kier molecular flexibility index (Phi) is 8.77. The average Bonchev–Trinajstić information content (AvgIpc) is 3.62. The van der Waals surface area contributed by atoms with E-state index in [1.807, 2.05) is 0 Å². The zero-order chi connectivity index (χ0) is 28.2. The molecule has 3 N–H and O–H groups in total. The SMILES string of the molecule is N=C(c1ccc(Cl)cc1)N(C[C@H](O)C(F)(F)F)C(=O)NCc1ncn(-c2ccccc2C(=O)N2CCSC2)n1. The number of amides is 3. The number of rotatable bonds is 7. The number of amidine groups is 1. The maximum atomic E-state index is 13.0. The van der Waals surface area contributed by atoms with Crippen molar-refractivity contribution in [2.24, 2.45) is 0 Å².